The summed E-state index contributed by atoms with van der Waals surface area (Å²) in [7, 11) is 1.86. The molecule has 1 aliphatic carbocycles. The number of hydrogen-bond donors (Lipinski definition) is 1. The summed E-state index contributed by atoms with van der Waals surface area (Å²) in [5.41, 5.74) is 1.09. The summed E-state index contributed by atoms with van der Waals surface area (Å²) in [5.74, 6) is 0.717. The molecule has 0 atom stereocenters. The maximum absolute atomic E-state index is 4.62. The largest absolute Gasteiger partial charge is 0.363 e. The lowest BCUT2D eigenvalue weighted by Gasteiger charge is -1.88. The number of aromatic nitrogens is 3. The fraction of sp³-hybridized carbons (Fsp3) is 0.500. The van der Waals surface area contributed by atoms with Gasteiger partial charge >= 0.3 is 0 Å². The molecule has 16 heavy (non-hydrogen) atoms. The summed E-state index contributed by atoms with van der Waals surface area (Å²) in [6, 6.07) is 0. The van der Waals surface area contributed by atoms with E-state index in [1.807, 2.05) is 7.05 Å². The number of aryl methyl sites for hydroxylation is 1. The minimum absolute atomic E-state index is 0.717. The van der Waals surface area contributed by atoms with Crippen LogP contribution in [0.15, 0.2) is 0 Å². The van der Waals surface area contributed by atoms with Gasteiger partial charge in [0.2, 0.25) is 5.13 Å². The zero-order chi connectivity index (χ0) is 11.1. The van der Waals surface area contributed by atoms with Crippen LogP contribution in [-0.2, 0) is 0 Å². The Morgan fingerprint density at radius 2 is 2.06 bits per heavy atom. The molecule has 84 valence electrons. The molecule has 2 aromatic heterocycles. The summed E-state index contributed by atoms with van der Waals surface area (Å²) >= 11 is 3.36. The van der Waals surface area contributed by atoms with Crippen molar-refractivity contribution >= 4 is 27.8 Å². The Bertz CT molecular complexity index is 513. The van der Waals surface area contributed by atoms with Crippen LogP contribution in [0.5, 0.6) is 0 Å². The Morgan fingerprint density at radius 1 is 1.25 bits per heavy atom. The van der Waals surface area contributed by atoms with Gasteiger partial charge in [-0.2, -0.15) is 0 Å². The second-order valence-corrected chi connectivity index (χ2v) is 5.91. The predicted molar refractivity (Wildman–Crippen MR) is 67.3 cm³/mol. The monoisotopic (exact) mass is 252 g/mol. The Hall–Kier alpha value is -1.01. The van der Waals surface area contributed by atoms with Gasteiger partial charge < -0.3 is 5.32 Å². The fourth-order valence-electron chi connectivity index (χ4n) is 1.54. The van der Waals surface area contributed by atoms with Gasteiger partial charge in [-0.3, -0.25) is 0 Å². The predicted octanol–water partition coefficient (Wildman–Crippen LogP) is 2.89. The van der Waals surface area contributed by atoms with Crippen LogP contribution in [0.3, 0.4) is 0 Å². The van der Waals surface area contributed by atoms with E-state index in [0.29, 0.717) is 5.92 Å². The number of thiazole rings is 1. The van der Waals surface area contributed by atoms with E-state index in [4.69, 9.17) is 0 Å². The third-order valence-electron chi connectivity index (χ3n) is 2.57. The third-order valence-corrected chi connectivity index (χ3v) is 4.99. The quantitative estimate of drug-likeness (QED) is 0.912. The van der Waals surface area contributed by atoms with Crippen molar-refractivity contribution in [3.05, 3.63) is 10.7 Å². The molecule has 0 bridgehead atoms. The second-order valence-electron chi connectivity index (χ2n) is 3.90. The van der Waals surface area contributed by atoms with Crippen molar-refractivity contribution in [2.24, 2.45) is 0 Å². The Morgan fingerprint density at radius 3 is 2.69 bits per heavy atom. The van der Waals surface area contributed by atoms with Crippen LogP contribution in [0, 0.1) is 6.92 Å². The summed E-state index contributed by atoms with van der Waals surface area (Å²) in [5, 5.41) is 14.4. The minimum Gasteiger partial charge on any atom is -0.363 e. The van der Waals surface area contributed by atoms with E-state index < -0.39 is 0 Å². The van der Waals surface area contributed by atoms with Crippen LogP contribution < -0.4 is 5.32 Å². The lowest BCUT2D eigenvalue weighted by Crippen LogP contribution is -1.84. The van der Waals surface area contributed by atoms with Gasteiger partial charge in [0.1, 0.15) is 0 Å². The van der Waals surface area contributed by atoms with Crippen LogP contribution in [0.25, 0.3) is 9.88 Å². The molecule has 1 N–H and O–H groups in total. The summed E-state index contributed by atoms with van der Waals surface area (Å²) in [4.78, 5) is 5.80. The van der Waals surface area contributed by atoms with Crippen molar-refractivity contribution in [2.45, 2.75) is 25.7 Å². The lowest BCUT2D eigenvalue weighted by atomic mass is 10.4. The first-order chi connectivity index (χ1) is 7.78. The second kappa shape index (κ2) is 3.78. The van der Waals surface area contributed by atoms with E-state index in [1.165, 1.54) is 22.7 Å². The maximum atomic E-state index is 4.62. The van der Waals surface area contributed by atoms with Crippen LogP contribution in [0.1, 0.15) is 29.5 Å². The van der Waals surface area contributed by atoms with Gasteiger partial charge in [0.05, 0.1) is 15.6 Å². The van der Waals surface area contributed by atoms with E-state index in [9.17, 15) is 0 Å². The summed E-state index contributed by atoms with van der Waals surface area (Å²) in [6.45, 7) is 2.05. The molecule has 1 saturated carbocycles. The molecule has 0 saturated heterocycles. The molecule has 2 aromatic rings. The van der Waals surface area contributed by atoms with Crippen molar-refractivity contribution in [3.8, 4) is 9.88 Å². The molecule has 0 aliphatic heterocycles. The Labute approximate surface area is 102 Å². The number of nitrogens with zero attached hydrogens (tertiary/aromatic N) is 3. The molecule has 0 aromatic carbocycles. The first-order valence-electron chi connectivity index (χ1n) is 5.27. The third kappa shape index (κ3) is 1.72. The molecule has 3 rings (SSSR count). The SMILES string of the molecule is CNc1nnc(-c2sc(C3CC3)nc2C)s1. The van der Waals surface area contributed by atoms with Gasteiger partial charge in [0.25, 0.3) is 0 Å². The molecule has 0 spiro atoms. The van der Waals surface area contributed by atoms with E-state index >= 15 is 0 Å². The van der Waals surface area contributed by atoms with Crippen LogP contribution in [0.2, 0.25) is 0 Å². The molecular formula is C10H12N4S2. The molecule has 0 unspecified atom stereocenters. The minimum atomic E-state index is 0.717. The first kappa shape index (κ1) is 10.2. The number of nitrogens with one attached hydrogen (secondary N) is 1. The molecular weight excluding hydrogens is 240 g/mol. The van der Waals surface area contributed by atoms with Gasteiger partial charge in [-0.1, -0.05) is 11.3 Å². The topological polar surface area (TPSA) is 50.7 Å². The maximum Gasteiger partial charge on any atom is 0.205 e. The smallest absolute Gasteiger partial charge is 0.205 e. The zero-order valence-corrected chi connectivity index (χ0v) is 10.8. The van der Waals surface area contributed by atoms with Crippen molar-refractivity contribution in [1.29, 1.82) is 0 Å². The molecule has 4 nitrogen and oxygen atoms in total. The van der Waals surface area contributed by atoms with Crippen LogP contribution >= 0.6 is 22.7 Å². The highest BCUT2D eigenvalue weighted by atomic mass is 32.1. The Balaban J connectivity index is 1.98. The normalized spacial score (nSPS) is 15.4. The van der Waals surface area contributed by atoms with Gasteiger partial charge in [0, 0.05) is 13.0 Å². The number of rotatable bonds is 3. The lowest BCUT2D eigenvalue weighted by molar-refractivity contribution is 1.05. The first-order valence-corrected chi connectivity index (χ1v) is 6.90. The van der Waals surface area contributed by atoms with Crippen LogP contribution in [0.4, 0.5) is 5.13 Å². The Kier molecular flexibility index (Phi) is 2.40. The van der Waals surface area contributed by atoms with Gasteiger partial charge in [-0.25, -0.2) is 4.98 Å². The molecule has 0 amide bonds. The van der Waals surface area contributed by atoms with E-state index in [2.05, 4.69) is 27.4 Å². The zero-order valence-electron chi connectivity index (χ0n) is 9.15. The highest BCUT2D eigenvalue weighted by molar-refractivity contribution is 7.23. The van der Waals surface area contributed by atoms with Crippen LogP contribution in [-0.4, -0.2) is 22.2 Å². The van der Waals surface area contributed by atoms with Crippen molar-refractivity contribution in [3.63, 3.8) is 0 Å². The van der Waals surface area contributed by atoms with Crippen molar-refractivity contribution in [1.82, 2.24) is 15.2 Å². The molecule has 1 aliphatic rings. The number of anilines is 1. The fourth-order valence-corrected chi connectivity index (χ4v) is 3.59. The highest BCUT2D eigenvalue weighted by Crippen LogP contribution is 2.45. The van der Waals surface area contributed by atoms with Gasteiger partial charge in [0.15, 0.2) is 5.01 Å². The average molecular weight is 252 g/mol. The highest BCUT2D eigenvalue weighted by Gasteiger charge is 2.28. The summed E-state index contributed by atoms with van der Waals surface area (Å²) < 4.78 is 0. The van der Waals surface area contributed by atoms with Crippen molar-refractivity contribution < 1.29 is 0 Å². The van der Waals surface area contributed by atoms with E-state index in [1.54, 1.807) is 22.7 Å². The molecule has 2 heterocycles. The molecule has 1 fully saturated rings. The summed E-state index contributed by atoms with van der Waals surface area (Å²) in [6.07, 6.45) is 2.59. The molecule has 0 radical (unpaired) electrons. The standard InChI is InChI=1S/C10H12N4S2/c1-5-7(9-13-14-10(11-2)16-9)15-8(12-5)6-3-4-6/h6H,3-4H2,1-2H3,(H,11,14). The van der Waals surface area contributed by atoms with Gasteiger partial charge in [-0.05, 0) is 19.8 Å². The number of hydrogen-bond acceptors (Lipinski definition) is 6. The van der Waals surface area contributed by atoms with Gasteiger partial charge in [-0.15, -0.1) is 21.5 Å². The van der Waals surface area contributed by atoms with E-state index in [-0.39, 0.29) is 0 Å². The van der Waals surface area contributed by atoms with E-state index in [0.717, 1.165) is 15.8 Å². The molecule has 6 heteroatoms. The van der Waals surface area contributed by atoms with Crippen molar-refractivity contribution in [2.75, 3.05) is 12.4 Å². The average Bonchev–Trinajstić information content (AvgIpc) is 2.89.